The Kier molecular flexibility index (Phi) is 6.83. The fourth-order valence-corrected chi connectivity index (χ4v) is 12.3. The summed E-state index contributed by atoms with van der Waals surface area (Å²) in [7, 11) is 5.14. The number of hydrogen-bond acceptors (Lipinski definition) is 2. The predicted octanol–water partition coefficient (Wildman–Crippen LogP) is 6.57. The molecule has 37 heavy (non-hydrogen) atoms. The van der Waals surface area contributed by atoms with Gasteiger partial charge in [0.1, 0.15) is 6.04 Å². The molecule has 210 valence electrons. The highest BCUT2D eigenvalue weighted by Crippen LogP contribution is 2.67. The second-order valence-corrected chi connectivity index (χ2v) is 15.9. The first-order valence-electron chi connectivity index (χ1n) is 16.4. The van der Waals surface area contributed by atoms with Gasteiger partial charge in [-0.2, -0.15) is 0 Å². The summed E-state index contributed by atoms with van der Waals surface area (Å²) in [5.74, 6) is 3.43. The Bertz CT molecular complexity index is 860. The molecule has 6 fully saturated rings. The van der Waals surface area contributed by atoms with Gasteiger partial charge in [0.25, 0.3) is 0 Å². The maximum atomic E-state index is 12.2. The number of hydrogen-bond donors (Lipinski definition) is 0. The Balaban J connectivity index is 1.27. The van der Waals surface area contributed by atoms with Crippen LogP contribution in [0.15, 0.2) is 0 Å². The second kappa shape index (κ2) is 9.50. The van der Waals surface area contributed by atoms with Crippen LogP contribution in [0, 0.1) is 34.5 Å². The number of nitrogens with zero attached hydrogens (tertiary/aromatic N) is 2. The predicted molar refractivity (Wildman–Crippen MR) is 150 cm³/mol. The zero-order chi connectivity index (χ0) is 26.1. The number of fused-ring (bicyclic) bond motifs is 5. The number of quaternary nitrogens is 2. The van der Waals surface area contributed by atoms with Crippen LogP contribution in [0.3, 0.4) is 0 Å². The molecular formula is C33H58N2O2+2. The van der Waals surface area contributed by atoms with Crippen molar-refractivity contribution in [2.75, 3.05) is 40.3 Å². The fourth-order valence-electron chi connectivity index (χ4n) is 12.3. The molecule has 6 aliphatic rings. The Hall–Kier alpha value is -0.610. The summed E-state index contributed by atoms with van der Waals surface area (Å²) in [5, 5.41) is 0. The van der Waals surface area contributed by atoms with Gasteiger partial charge >= 0.3 is 5.97 Å². The minimum absolute atomic E-state index is 0.0596. The number of piperidine rings is 2. The monoisotopic (exact) mass is 514 g/mol. The maximum absolute atomic E-state index is 12.2. The molecular weight excluding hydrogens is 456 g/mol. The Morgan fingerprint density at radius 1 is 0.757 bits per heavy atom. The van der Waals surface area contributed by atoms with E-state index in [1.807, 2.05) is 0 Å². The zero-order valence-electron chi connectivity index (χ0n) is 25.0. The molecule has 0 radical (unpaired) electrons. The highest BCUT2D eigenvalue weighted by atomic mass is 16.5. The average Bonchev–Trinajstić information content (AvgIpc) is 3.23. The summed E-state index contributed by atoms with van der Waals surface area (Å²) >= 11 is 0. The van der Waals surface area contributed by atoms with Crippen molar-refractivity contribution in [2.45, 2.75) is 129 Å². The number of likely N-dealkylation sites (tertiary alicyclic amines) is 2. The van der Waals surface area contributed by atoms with E-state index in [1.54, 1.807) is 6.92 Å². The van der Waals surface area contributed by atoms with E-state index in [0.29, 0.717) is 16.9 Å². The molecule has 0 aromatic rings. The number of carbonyl (C=O) groups excluding carboxylic acids is 1. The van der Waals surface area contributed by atoms with Crippen LogP contribution in [-0.4, -0.2) is 73.4 Å². The van der Waals surface area contributed by atoms with Gasteiger partial charge in [-0.15, -0.1) is 0 Å². The van der Waals surface area contributed by atoms with Gasteiger partial charge < -0.3 is 13.7 Å². The fraction of sp³-hybridized carbons (Fsp3) is 0.970. The van der Waals surface area contributed by atoms with E-state index in [0.717, 1.165) is 40.6 Å². The van der Waals surface area contributed by atoms with Gasteiger partial charge in [-0.05, 0) is 106 Å². The van der Waals surface area contributed by atoms with Crippen molar-refractivity contribution in [1.29, 1.82) is 0 Å². The minimum atomic E-state index is -0.0596. The van der Waals surface area contributed by atoms with Crippen LogP contribution in [0.1, 0.15) is 111 Å². The SMILES string of the molecule is CC(=O)O[C@H]1C[C@@H]2CC[C@@H]3[C@H](CC[C@@]4(C)[C@H]3CC[C@@H]4[N+]3(C)CCCCC3)[C@@]2(C)C[C@@H]1[N+]1(C)CCCCC1. The Labute approximate surface area is 228 Å². The van der Waals surface area contributed by atoms with Gasteiger partial charge in [0.05, 0.1) is 46.3 Å². The first-order valence-corrected chi connectivity index (χ1v) is 16.4. The molecule has 2 heterocycles. The number of ether oxygens (including phenoxy) is 1. The lowest BCUT2D eigenvalue weighted by molar-refractivity contribution is -0.944. The standard InChI is InChI=1S/C33H58N2O2/c1-24(36)37-30-22-25-12-13-26-27-14-15-31(35(5)20-10-7-11-21-35)32(27,2)17-16-28(26)33(25,3)23-29(30)34(4)18-8-6-9-19-34/h25-31H,6-23H2,1-5H3/q+2/t25-,26-,27-,28-,29-,30-,31-,32-,33-/m0/s1. The minimum Gasteiger partial charge on any atom is -0.456 e. The molecule has 0 spiro atoms. The molecule has 0 amide bonds. The number of carbonyl (C=O) groups is 1. The van der Waals surface area contributed by atoms with Crippen molar-refractivity contribution in [3.05, 3.63) is 0 Å². The van der Waals surface area contributed by atoms with Gasteiger partial charge in [-0.1, -0.05) is 13.8 Å². The van der Waals surface area contributed by atoms with Crippen LogP contribution >= 0.6 is 0 Å². The molecule has 2 aliphatic heterocycles. The number of likely N-dealkylation sites (N-methyl/N-ethyl adjacent to an activating group) is 1. The molecule has 6 rings (SSSR count). The third-order valence-electron chi connectivity index (χ3n) is 14.2. The van der Waals surface area contributed by atoms with Gasteiger partial charge in [-0.25, -0.2) is 0 Å². The molecule has 0 aromatic heterocycles. The van der Waals surface area contributed by atoms with Gasteiger partial charge in [0.15, 0.2) is 6.10 Å². The van der Waals surface area contributed by atoms with E-state index in [1.165, 1.54) is 114 Å². The molecule has 0 bridgehead atoms. The van der Waals surface area contributed by atoms with E-state index in [9.17, 15) is 4.79 Å². The van der Waals surface area contributed by atoms with Crippen molar-refractivity contribution in [1.82, 2.24) is 0 Å². The van der Waals surface area contributed by atoms with Crippen molar-refractivity contribution in [2.24, 2.45) is 34.5 Å². The molecule has 9 atom stereocenters. The molecule has 0 N–H and O–H groups in total. The summed E-state index contributed by atoms with van der Waals surface area (Å²) in [6.07, 6.45) is 19.6. The smallest absolute Gasteiger partial charge is 0.303 e. The van der Waals surface area contributed by atoms with Crippen molar-refractivity contribution < 1.29 is 18.5 Å². The van der Waals surface area contributed by atoms with Crippen LogP contribution in [0.4, 0.5) is 0 Å². The molecule has 4 aliphatic carbocycles. The van der Waals surface area contributed by atoms with Gasteiger partial charge in [0, 0.05) is 25.2 Å². The highest BCUT2D eigenvalue weighted by Gasteiger charge is 2.65. The normalized spacial score (nSPS) is 48.8. The number of esters is 1. The van der Waals surface area contributed by atoms with Crippen molar-refractivity contribution in [3.8, 4) is 0 Å². The summed E-state index contributed by atoms with van der Waals surface area (Å²) in [6.45, 7) is 12.5. The summed E-state index contributed by atoms with van der Waals surface area (Å²) in [4.78, 5) is 12.2. The van der Waals surface area contributed by atoms with Crippen LogP contribution in [-0.2, 0) is 9.53 Å². The maximum Gasteiger partial charge on any atom is 0.303 e. The zero-order valence-corrected chi connectivity index (χ0v) is 25.0. The van der Waals surface area contributed by atoms with E-state index in [2.05, 4.69) is 27.9 Å². The van der Waals surface area contributed by atoms with Crippen LogP contribution in [0.5, 0.6) is 0 Å². The Morgan fingerprint density at radius 3 is 2.03 bits per heavy atom. The van der Waals surface area contributed by atoms with E-state index in [-0.39, 0.29) is 12.1 Å². The average molecular weight is 515 g/mol. The lowest BCUT2D eigenvalue weighted by atomic mass is 9.44. The first kappa shape index (κ1) is 26.6. The summed E-state index contributed by atoms with van der Waals surface area (Å²) in [6, 6.07) is 1.39. The largest absolute Gasteiger partial charge is 0.456 e. The van der Waals surface area contributed by atoms with Crippen LogP contribution < -0.4 is 0 Å². The van der Waals surface area contributed by atoms with Crippen molar-refractivity contribution >= 4 is 5.97 Å². The lowest BCUT2D eigenvalue weighted by Crippen LogP contribution is -2.67. The van der Waals surface area contributed by atoms with Crippen LogP contribution in [0.25, 0.3) is 0 Å². The van der Waals surface area contributed by atoms with E-state index < -0.39 is 0 Å². The quantitative estimate of drug-likeness (QED) is 0.315. The van der Waals surface area contributed by atoms with Crippen LogP contribution in [0.2, 0.25) is 0 Å². The topological polar surface area (TPSA) is 26.3 Å². The Morgan fingerprint density at radius 2 is 1.38 bits per heavy atom. The van der Waals surface area contributed by atoms with Gasteiger partial charge in [0.2, 0.25) is 0 Å². The first-order chi connectivity index (χ1) is 17.6. The molecule has 0 aromatic carbocycles. The lowest BCUT2D eigenvalue weighted by Gasteiger charge is -2.63. The molecule has 0 unspecified atom stereocenters. The van der Waals surface area contributed by atoms with Crippen molar-refractivity contribution in [3.63, 3.8) is 0 Å². The van der Waals surface area contributed by atoms with E-state index >= 15 is 0 Å². The van der Waals surface area contributed by atoms with Gasteiger partial charge in [-0.3, -0.25) is 4.79 Å². The summed E-state index contributed by atoms with van der Waals surface area (Å²) in [5.41, 5.74) is 0.974. The third-order valence-corrected chi connectivity index (χ3v) is 14.2. The molecule has 2 saturated heterocycles. The van der Waals surface area contributed by atoms with E-state index in [4.69, 9.17) is 4.74 Å². The highest BCUT2D eigenvalue weighted by molar-refractivity contribution is 5.66. The molecule has 4 heteroatoms. The number of rotatable bonds is 3. The molecule has 4 saturated carbocycles. The third kappa shape index (κ3) is 4.25. The molecule has 4 nitrogen and oxygen atoms in total. The summed E-state index contributed by atoms with van der Waals surface area (Å²) < 4.78 is 8.70. The second-order valence-electron chi connectivity index (χ2n) is 15.9.